The van der Waals surface area contributed by atoms with Crippen LogP contribution in [0, 0.1) is 0 Å². The lowest BCUT2D eigenvalue weighted by Gasteiger charge is -2.35. The molecule has 1 atom stereocenters. The number of rotatable bonds is 1. The van der Waals surface area contributed by atoms with Gasteiger partial charge in [0, 0.05) is 11.1 Å². The summed E-state index contributed by atoms with van der Waals surface area (Å²) in [5.74, 6) is 0. The minimum atomic E-state index is 0.730. The van der Waals surface area contributed by atoms with E-state index < -0.39 is 0 Å². The standard InChI is InChI=1S/C14H21N3/c1-16-6-8-17(9-7-16)14-11-15-10-12-4-2-3-5-13(12)14/h2-5,14-15H,6-11H2,1H3/p+3/t14-/m0/s1. The molecule has 3 heteroatoms. The molecule has 92 valence electrons. The van der Waals surface area contributed by atoms with Crippen LogP contribution < -0.4 is 15.1 Å². The van der Waals surface area contributed by atoms with E-state index in [0.717, 1.165) is 6.04 Å². The highest BCUT2D eigenvalue weighted by Gasteiger charge is 2.34. The Balaban J connectivity index is 1.80. The summed E-state index contributed by atoms with van der Waals surface area (Å²) in [4.78, 5) is 3.50. The van der Waals surface area contributed by atoms with Crippen molar-refractivity contribution >= 4 is 0 Å². The molecule has 0 unspecified atom stereocenters. The molecule has 2 aliphatic heterocycles. The van der Waals surface area contributed by atoms with E-state index in [-0.39, 0.29) is 0 Å². The predicted octanol–water partition coefficient (Wildman–Crippen LogP) is -2.78. The van der Waals surface area contributed by atoms with Crippen LogP contribution in [0.5, 0.6) is 0 Å². The Hall–Kier alpha value is -0.900. The minimum Gasteiger partial charge on any atom is -0.337 e. The Kier molecular flexibility index (Phi) is 3.14. The smallest absolute Gasteiger partial charge is 0.163 e. The van der Waals surface area contributed by atoms with Gasteiger partial charge < -0.3 is 15.1 Å². The molecule has 3 nitrogen and oxygen atoms in total. The van der Waals surface area contributed by atoms with Crippen LogP contribution >= 0.6 is 0 Å². The number of nitrogens with two attached hydrogens (primary N) is 1. The van der Waals surface area contributed by atoms with Crippen LogP contribution in [0.2, 0.25) is 0 Å². The van der Waals surface area contributed by atoms with Gasteiger partial charge in [-0.05, 0) is 0 Å². The Morgan fingerprint density at radius 1 is 1.12 bits per heavy atom. The minimum absolute atomic E-state index is 0.730. The first-order valence-corrected chi connectivity index (χ1v) is 6.90. The average Bonchev–Trinajstić information content (AvgIpc) is 2.39. The van der Waals surface area contributed by atoms with Crippen LogP contribution in [0.25, 0.3) is 0 Å². The fourth-order valence-corrected chi connectivity index (χ4v) is 3.33. The number of fused-ring (bicyclic) bond motifs is 1. The van der Waals surface area contributed by atoms with Crippen molar-refractivity contribution in [2.45, 2.75) is 12.6 Å². The molecule has 2 aliphatic rings. The number of piperazine rings is 1. The summed E-state index contributed by atoms with van der Waals surface area (Å²) in [5.41, 5.74) is 3.17. The maximum Gasteiger partial charge on any atom is 0.163 e. The van der Waals surface area contributed by atoms with Gasteiger partial charge in [-0.3, -0.25) is 0 Å². The van der Waals surface area contributed by atoms with Crippen molar-refractivity contribution in [1.82, 2.24) is 0 Å². The molecule has 0 bridgehead atoms. The van der Waals surface area contributed by atoms with Crippen LogP contribution in [0.1, 0.15) is 17.2 Å². The fourth-order valence-electron chi connectivity index (χ4n) is 3.33. The van der Waals surface area contributed by atoms with Crippen LogP contribution in [0.3, 0.4) is 0 Å². The molecule has 0 aromatic heterocycles. The second-order valence-corrected chi connectivity index (χ2v) is 5.60. The van der Waals surface area contributed by atoms with Crippen LogP contribution in [0.4, 0.5) is 0 Å². The average molecular weight is 234 g/mol. The number of benzene rings is 1. The van der Waals surface area contributed by atoms with Gasteiger partial charge in [0.05, 0.1) is 7.05 Å². The summed E-state index contributed by atoms with van der Waals surface area (Å²) < 4.78 is 0. The van der Waals surface area contributed by atoms with Crippen molar-refractivity contribution in [1.29, 1.82) is 0 Å². The summed E-state index contributed by atoms with van der Waals surface area (Å²) in [6.45, 7) is 7.76. The van der Waals surface area contributed by atoms with Crippen molar-refractivity contribution in [2.75, 3.05) is 39.8 Å². The highest BCUT2D eigenvalue weighted by molar-refractivity contribution is 5.29. The third-order valence-corrected chi connectivity index (χ3v) is 4.44. The third kappa shape index (κ3) is 2.23. The first-order valence-electron chi connectivity index (χ1n) is 6.90. The van der Waals surface area contributed by atoms with E-state index in [1.54, 1.807) is 20.9 Å². The van der Waals surface area contributed by atoms with Gasteiger partial charge in [-0.1, -0.05) is 24.3 Å². The lowest BCUT2D eigenvalue weighted by molar-refractivity contribution is -1.03. The van der Waals surface area contributed by atoms with E-state index in [0.29, 0.717) is 0 Å². The van der Waals surface area contributed by atoms with E-state index in [2.05, 4.69) is 36.6 Å². The zero-order valence-corrected chi connectivity index (χ0v) is 10.7. The number of hydrogen-bond donors (Lipinski definition) is 3. The van der Waals surface area contributed by atoms with Crippen molar-refractivity contribution in [3.63, 3.8) is 0 Å². The number of likely N-dealkylation sites (N-methyl/N-ethyl adjacent to an activating group) is 1. The van der Waals surface area contributed by atoms with Crippen LogP contribution in [-0.2, 0) is 6.54 Å². The Morgan fingerprint density at radius 2 is 1.88 bits per heavy atom. The molecule has 2 heterocycles. The lowest BCUT2D eigenvalue weighted by Crippen LogP contribution is -3.28. The molecule has 0 saturated carbocycles. The van der Waals surface area contributed by atoms with Crippen molar-refractivity contribution in [3.05, 3.63) is 35.4 Å². The zero-order chi connectivity index (χ0) is 11.7. The molecular weight excluding hydrogens is 210 g/mol. The van der Waals surface area contributed by atoms with Crippen LogP contribution in [0.15, 0.2) is 24.3 Å². The van der Waals surface area contributed by atoms with E-state index >= 15 is 0 Å². The monoisotopic (exact) mass is 234 g/mol. The fraction of sp³-hybridized carbons (Fsp3) is 0.571. The Labute approximate surface area is 103 Å². The molecule has 0 aliphatic carbocycles. The van der Waals surface area contributed by atoms with E-state index in [1.807, 2.05) is 0 Å². The summed E-state index contributed by atoms with van der Waals surface area (Å²) in [5, 5.41) is 2.48. The number of hydrogen-bond acceptors (Lipinski definition) is 0. The first-order chi connectivity index (χ1) is 8.34. The topological polar surface area (TPSA) is 25.5 Å². The van der Waals surface area contributed by atoms with E-state index in [9.17, 15) is 0 Å². The normalized spacial score (nSPS) is 33.1. The van der Waals surface area contributed by atoms with Crippen molar-refractivity contribution < 1.29 is 15.1 Å². The summed E-state index contributed by atoms with van der Waals surface area (Å²) in [6.07, 6.45) is 0. The van der Waals surface area contributed by atoms with Crippen LogP contribution in [-0.4, -0.2) is 39.8 Å². The molecule has 0 amide bonds. The number of nitrogens with one attached hydrogen (secondary N) is 2. The second-order valence-electron chi connectivity index (χ2n) is 5.60. The van der Waals surface area contributed by atoms with Gasteiger partial charge in [0.25, 0.3) is 0 Å². The quantitative estimate of drug-likeness (QED) is 0.469. The molecule has 1 aromatic carbocycles. The maximum absolute atomic E-state index is 2.48. The van der Waals surface area contributed by atoms with Gasteiger partial charge >= 0.3 is 0 Å². The largest absolute Gasteiger partial charge is 0.337 e. The molecule has 17 heavy (non-hydrogen) atoms. The van der Waals surface area contributed by atoms with E-state index in [4.69, 9.17) is 0 Å². The van der Waals surface area contributed by atoms with Gasteiger partial charge in [-0.25, -0.2) is 0 Å². The van der Waals surface area contributed by atoms with Gasteiger partial charge in [0.1, 0.15) is 39.3 Å². The van der Waals surface area contributed by atoms with E-state index in [1.165, 1.54) is 39.3 Å². The van der Waals surface area contributed by atoms with Gasteiger partial charge in [0.2, 0.25) is 0 Å². The second kappa shape index (κ2) is 4.77. The number of quaternary nitrogens is 3. The molecule has 4 N–H and O–H groups in total. The molecule has 3 rings (SSSR count). The summed E-state index contributed by atoms with van der Waals surface area (Å²) in [6, 6.07) is 9.77. The predicted molar refractivity (Wildman–Crippen MR) is 67.0 cm³/mol. The molecule has 1 aromatic rings. The lowest BCUT2D eigenvalue weighted by atomic mass is 9.95. The molecule has 0 radical (unpaired) electrons. The third-order valence-electron chi connectivity index (χ3n) is 4.44. The highest BCUT2D eigenvalue weighted by atomic mass is 15.3. The SMILES string of the molecule is C[NH+]1CC[NH+]([C@H]2C[NH2+]Cc3ccccc32)CC1. The van der Waals surface area contributed by atoms with Crippen molar-refractivity contribution in [2.24, 2.45) is 0 Å². The molecule has 1 fully saturated rings. The molecular formula is C14H24N3+3. The molecule has 0 spiro atoms. The van der Waals surface area contributed by atoms with Crippen molar-refractivity contribution in [3.8, 4) is 0 Å². The van der Waals surface area contributed by atoms with Gasteiger partial charge in [-0.2, -0.15) is 0 Å². The Bertz CT molecular complexity index is 383. The maximum atomic E-state index is 2.48. The highest BCUT2D eigenvalue weighted by Crippen LogP contribution is 2.16. The summed E-state index contributed by atoms with van der Waals surface area (Å²) in [7, 11) is 2.32. The molecule has 1 saturated heterocycles. The van der Waals surface area contributed by atoms with Gasteiger partial charge in [0.15, 0.2) is 6.04 Å². The van der Waals surface area contributed by atoms with Gasteiger partial charge in [-0.15, -0.1) is 0 Å². The Morgan fingerprint density at radius 3 is 2.71 bits per heavy atom. The first kappa shape index (κ1) is 11.2. The summed E-state index contributed by atoms with van der Waals surface area (Å²) >= 11 is 0. The zero-order valence-electron chi connectivity index (χ0n) is 10.7.